The summed E-state index contributed by atoms with van der Waals surface area (Å²) in [6, 6.07) is 3.19. The molecular formula is C13H19F2NO2. The second-order valence-electron chi connectivity index (χ2n) is 4.10. The summed E-state index contributed by atoms with van der Waals surface area (Å²) in [5, 5.41) is 9.97. The predicted molar refractivity (Wildman–Crippen MR) is 65.3 cm³/mol. The molecule has 0 aliphatic carbocycles. The van der Waals surface area contributed by atoms with Crippen LogP contribution >= 0.6 is 0 Å². The molecular weight excluding hydrogens is 240 g/mol. The fraction of sp³-hybridized carbons (Fsp3) is 0.538. The van der Waals surface area contributed by atoms with Crippen molar-refractivity contribution < 1.29 is 18.6 Å². The highest BCUT2D eigenvalue weighted by Crippen LogP contribution is 2.22. The molecule has 1 rings (SSSR count). The molecule has 5 heteroatoms. The summed E-state index contributed by atoms with van der Waals surface area (Å²) in [6.45, 7) is 2.94. The largest absolute Gasteiger partial charge is 0.392 e. The van der Waals surface area contributed by atoms with Crippen LogP contribution in [0, 0.1) is 11.6 Å². The molecule has 0 saturated carbocycles. The molecule has 3 nitrogen and oxygen atoms in total. The van der Waals surface area contributed by atoms with Gasteiger partial charge in [-0.2, -0.15) is 0 Å². The molecule has 1 aromatic carbocycles. The average Bonchev–Trinajstić information content (AvgIpc) is 2.29. The SMILES string of the molecule is CCOCCC(O)C(CN)c1cc(F)cc(F)c1. The molecule has 3 N–H and O–H groups in total. The van der Waals surface area contributed by atoms with E-state index < -0.39 is 23.7 Å². The fourth-order valence-electron chi connectivity index (χ4n) is 1.85. The van der Waals surface area contributed by atoms with E-state index >= 15 is 0 Å². The van der Waals surface area contributed by atoms with Gasteiger partial charge in [0.15, 0.2) is 0 Å². The number of aliphatic hydroxyl groups excluding tert-OH is 1. The van der Waals surface area contributed by atoms with E-state index in [0.717, 1.165) is 6.07 Å². The molecule has 0 saturated heterocycles. The summed E-state index contributed by atoms with van der Waals surface area (Å²) in [4.78, 5) is 0. The van der Waals surface area contributed by atoms with E-state index in [-0.39, 0.29) is 6.54 Å². The molecule has 0 heterocycles. The van der Waals surface area contributed by atoms with Gasteiger partial charge in [0.1, 0.15) is 11.6 Å². The molecule has 2 unspecified atom stereocenters. The van der Waals surface area contributed by atoms with Crippen LogP contribution in [0.5, 0.6) is 0 Å². The Kier molecular flexibility index (Phi) is 6.18. The van der Waals surface area contributed by atoms with E-state index in [0.29, 0.717) is 25.2 Å². The van der Waals surface area contributed by atoms with Gasteiger partial charge in [0.25, 0.3) is 0 Å². The minimum Gasteiger partial charge on any atom is -0.392 e. The monoisotopic (exact) mass is 259 g/mol. The molecule has 1 aromatic rings. The van der Waals surface area contributed by atoms with Gasteiger partial charge in [-0.15, -0.1) is 0 Å². The zero-order valence-electron chi connectivity index (χ0n) is 10.4. The first-order valence-electron chi connectivity index (χ1n) is 6.00. The molecule has 0 amide bonds. The molecule has 0 aliphatic rings. The van der Waals surface area contributed by atoms with E-state index in [1.807, 2.05) is 6.92 Å². The minimum absolute atomic E-state index is 0.121. The van der Waals surface area contributed by atoms with Crippen molar-refractivity contribution in [2.75, 3.05) is 19.8 Å². The Morgan fingerprint density at radius 3 is 2.39 bits per heavy atom. The maximum Gasteiger partial charge on any atom is 0.126 e. The molecule has 0 spiro atoms. The van der Waals surface area contributed by atoms with Crippen molar-refractivity contribution in [1.82, 2.24) is 0 Å². The standard InChI is InChI=1S/C13H19F2NO2/c1-2-18-4-3-13(17)12(8-16)9-5-10(14)7-11(15)6-9/h5-7,12-13,17H,2-4,8,16H2,1H3. The van der Waals surface area contributed by atoms with Crippen LogP contribution in [0.15, 0.2) is 18.2 Å². The number of ether oxygens (including phenoxy) is 1. The van der Waals surface area contributed by atoms with Crippen LogP contribution in [0.1, 0.15) is 24.8 Å². The number of hydrogen-bond donors (Lipinski definition) is 2. The van der Waals surface area contributed by atoms with Crippen molar-refractivity contribution in [3.8, 4) is 0 Å². The van der Waals surface area contributed by atoms with E-state index in [9.17, 15) is 13.9 Å². The maximum atomic E-state index is 13.1. The number of benzene rings is 1. The first-order valence-corrected chi connectivity index (χ1v) is 6.00. The van der Waals surface area contributed by atoms with E-state index in [1.54, 1.807) is 0 Å². The van der Waals surface area contributed by atoms with Gasteiger partial charge < -0.3 is 15.6 Å². The van der Waals surface area contributed by atoms with Gasteiger partial charge in [-0.05, 0) is 31.0 Å². The van der Waals surface area contributed by atoms with Gasteiger partial charge in [0, 0.05) is 31.7 Å². The van der Waals surface area contributed by atoms with Crippen LogP contribution in [0.3, 0.4) is 0 Å². The third kappa shape index (κ3) is 4.33. The van der Waals surface area contributed by atoms with Gasteiger partial charge >= 0.3 is 0 Å². The Morgan fingerprint density at radius 2 is 1.89 bits per heavy atom. The first kappa shape index (κ1) is 15.0. The van der Waals surface area contributed by atoms with Crippen molar-refractivity contribution in [2.45, 2.75) is 25.4 Å². The summed E-state index contributed by atoms with van der Waals surface area (Å²) >= 11 is 0. The molecule has 0 fully saturated rings. The van der Waals surface area contributed by atoms with Crippen molar-refractivity contribution in [3.05, 3.63) is 35.4 Å². The van der Waals surface area contributed by atoms with Crippen LogP contribution in [0.25, 0.3) is 0 Å². The quantitative estimate of drug-likeness (QED) is 0.734. The van der Waals surface area contributed by atoms with E-state index in [4.69, 9.17) is 10.5 Å². The summed E-state index contributed by atoms with van der Waals surface area (Å²) in [5.41, 5.74) is 5.94. The lowest BCUT2D eigenvalue weighted by Gasteiger charge is -2.22. The fourth-order valence-corrected chi connectivity index (χ4v) is 1.85. The van der Waals surface area contributed by atoms with Crippen LogP contribution in [0.4, 0.5) is 8.78 Å². The summed E-state index contributed by atoms with van der Waals surface area (Å²) in [5.74, 6) is -1.82. The topological polar surface area (TPSA) is 55.5 Å². The number of hydrogen-bond acceptors (Lipinski definition) is 3. The predicted octanol–water partition coefficient (Wildman–Crippen LogP) is 1.79. The van der Waals surface area contributed by atoms with Crippen molar-refractivity contribution >= 4 is 0 Å². The minimum atomic E-state index is -0.775. The second kappa shape index (κ2) is 7.41. The first-order chi connectivity index (χ1) is 8.58. The third-order valence-corrected chi connectivity index (χ3v) is 2.79. The van der Waals surface area contributed by atoms with Gasteiger partial charge in [-0.3, -0.25) is 0 Å². The Morgan fingerprint density at radius 1 is 1.28 bits per heavy atom. The molecule has 0 aromatic heterocycles. The lowest BCUT2D eigenvalue weighted by molar-refractivity contribution is 0.0751. The third-order valence-electron chi connectivity index (χ3n) is 2.79. The highest BCUT2D eigenvalue weighted by atomic mass is 19.1. The molecule has 0 radical (unpaired) electrons. The molecule has 0 bridgehead atoms. The van der Waals surface area contributed by atoms with Gasteiger partial charge in [0.2, 0.25) is 0 Å². The van der Waals surface area contributed by atoms with Crippen molar-refractivity contribution in [3.63, 3.8) is 0 Å². The van der Waals surface area contributed by atoms with Gasteiger partial charge in [0.05, 0.1) is 6.10 Å². The Balaban J connectivity index is 2.74. The maximum absolute atomic E-state index is 13.1. The van der Waals surface area contributed by atoms with Crippen LogP contribution in [0.2, 0.25) is 0 Å². The molecule has 2 atom stereocenters. The number of rotatable bonds is 7. The van der Waals surface area contributed by atoms with E-state index in [1.165, 1.54) is 12.1 Å². The Hall–Kier alpha value is -1.04. The van der Waals surface area contributed by atoms with Crippen molar-refractivity contribution in [1.29, 1.82) is 0 Å². The highest BCUT2D eigenvalue weighted by Gasteiger charge is 2.20. The Bertz CT molecular complexity index is 354. The van der Waals surface area contributed by atoms with E-state index in [2.05, 4.69) is 0 Å². The lowest BCUT2D eigenvalue weighted by atomic mass is 9.91. The second-order valence-corrected chi connectivity index (χ2v) is 4.10. The normalized spacial score (nSPS) is 14.5. The Labute approximate surface area is 106 Å². The van der Waals surface area contributed by atoms with Crippen molar-refractivity contribution in [2.24, 2.45) is 5.73 Å². The summed E-state index contributed by atoms with van der Waals surface area (Å²) < 4.78 is 31.3. The molecule has 18 heavy (non-hydrogen) atoms. The van der Waals surface area contributed by atoms with Gasteiger partial charge in [-0.25, -0.2) is 8.78 Å². The van der Waals surface area contributed by atoms with Crippen LogP contribution < -0.4 is 5.73 Å². The molecule has 102 valence electrons. The lowest BCUT2D eigenvalue weighted by Crippen LogP contribution is -2.27. The number of aliphatic hydroxyl groups is 1. The summed E-state index contributed by atoms with van der Waals surface area (Å²) in [7, 11) is 0. The zero-order valence-corrected chi connectivity index (χ0v) is 10.4. The number of halogens is 2. The smallest absolute Gasteiger partial charge is 0.126 e. The van der Waals surface area contributed by atoms with Gasteiger partial charge in [-0.1, -0.05) is 0 Å². The molecule has 0 aliphatic heterocycles. The van der Waals surface area contributed by atoms with Crippen LogP contribution in [-0.2, 0) is 4.74 Å². The summed E-state index contributed by atoms with van der Waals surface area (Å²) in [6.07, 6.45) is -0.392. The highest BCUT2D eigenvalue weighted by molar-refractivity contribution is 5.23. The number of nitrogens with two attached hydrogens (primary N) is 1. The zero-order chi connectivity index (χ0) is 13.5. The average molecular weight is 259 g/mol. The van der Waals surface area contributed by atoms with Crippen LogP contribution in [-0.4, -0.2) is 31.0 Å².